The standard InChI is InChI=1S/C23H34O5/c1-13-10-22(28,11-20(26)27)14(2)16-5-4-15-17-6-7-19(25)21(17,3)9-8-18(15)23(13,16)12-24/h5,13-15,17-18,24,28H,4,6-12H2,1-3H3,(H,26,27)/t13?,14?,15-,17-,18+,21-,22?,23-/m0/s1. The van der Waals surface area contributed by atoms with E-state index in [2.05, 4.69) is 19.9 Å². The molecule has 4 rings (SSSR count). The minimum absolute atomic E-state index is 0.00133. The van der Waals surface area contributed by atoms with Crippen LogP contribution in [0.3, 0.4) is 0 Å². The van der Waals surface area contributed by atoms with E-state index in [-0.39, 0.29) is 30.3 Å². The number of carbonyl (C=O) groups is 2. The Morgan fingerprint density at radius 1 is 1.25 bits per heavy atom. The number of carboxylic acid groups (broad SMARTS) is 1. The fourth-order valence-electron chi connectivity index (χ4n) is 7.95. The number of hydrogen-bond acceptors (Lipinski definition) is 4. The maximum atomic E-state index is 12.6. The van der Waals surface area contributed by atoms with E-state index in [4.69, 9.17) is 0 Å². The van der Waals surface area contributed by atoms with Crippen molar-refractivity contribution < 1.29 is 24.9 Å². The summed E-state index contributed by atoms with van der Waals surface area (Å²) in [5.74, 6) is 0.205. The zero-order chi connectivity index (χ0) is 20.5. The summed E-state index contributed by atoms with van der Waals surface area (Å²) in [6.07, 6.45) is 6.63. The van der Waals surface area contributed by atoms with Crippen LogP contribution in [-0.4, -0.2) is 39.3 Å². The quantitative estimate of drug-likeness (QED) is 0.643. The van der Waals surface area contributed by atoms with Crippen LogP contribution in [0.4, 0.5) is 0 Å². The molecule has 3 saturated carbocycles. The molecule has 0 heterocycles. The lowest BCUT2D eigenvalue weighted by Crippen LogP contribution is -2.61. The van der Waals surface area contributed by atoms with E-state index in [1.807, 2.05) is 6.92 Å². The van der Waals surface area contributed by atoms with Gasteiger partial charge in [-0.2, -0.15) is 0 Å². The predicted octanol–water partition coefficient (Wildman–Crippen LogP) is 3.19. The minimum Gasteiger partial charge on any atom is -0.481 e. The highest BCUT2D eigenvalue weighted by molar-refractivity contribution is 5.87. The van der Waals surface area contributed by atoms with Crippen molar-refractivity contribution in [2.24, 2.45) is 40.4 Å². The highest BCUT2D eigenvalue weighted by Gasteiger charge is 2.64. The summed E-state index contributed by atoms with van der Waals surface area (Å²) < 4.78 is 0. The number of aliphatic hydroxyl groups excluding tert-OH is 1. The van der Waals surface area contributed by atoms with Gasteiger partial charge >= 0.3 is 5.97 Å². The fourth-order valence-corrected chi connectivity index (χ4v) is 7.95. The molecule has 4 aliphatic rings. The number of carboxylic acids is 1. The first kappa shape index (κ1) is 20.1. The third kappa shape index (κ3) is 2.44. The maximum Gasteiger partial charge on any atom is 0.306 e. The first-order valence-electron chi connectivity index (χ1n) is 10.9. The van der Waals surface area contributed by atoms with Crippen LogP contribution in [0.2, 0.25) is 0 Å². The number of rotatable bonds is 3. The molecule has 0 saturated heterocycles. The molecule has 0 aromatic carbocycles. The topological polar surface area (TPSA) is 94.8 Å². The van der Waals surface area contributed by atoms with Crippen LogP contribution in [0.5, 0.6) is 0 Å². The Bertz CT molecular complexity index is 729. The van der Waals surface area contributed by atoms with Crippen LogP contribution in [0, 0.1) is 40.4 Å². The van der Waals surface area contributed by atoms with Gasteiger partial charge in [0, 0.05) is 23.2 Å². The van der Waals surface area contributed by atoms with Crippen LogP contribution in [0.15, 0.2) is 11.6 Å². The molecule has 8 atom stereocenters. The van der Waals surface area contributed by atoms with Gasteiger partial charge in [0.1, 0.15) is 5.78 Å². The average Bonchev–Trinajstić information content (AvgIpc) is 2.93. The number of aliphatic hydroxyl groups is 2. The van der Waals surface area contributed by atoms with Gasteiger partial charge < -0.3 is 15.3 Å². The van der Waals surface area contributed by atoms with Crippen molar-refractivity contribution in [3.8, 4) is 0 Å². The number of carbonyl (C=O) groups excluding carboxylic acids is 1. The lowest BCUT2D eigenvalue weighted by Gasteiger charge is -2.62. The second kappa shape index (κ2) is 6.40. The Morgan fingerprint density at radius 3 is 2.61 bits per heavy atom. The van der Waals surface area contributed by atoms with Gasteiger partial charge in [0.15, 0.2) is 0 Å². The van der Waals surface area contributed by atoms with Crippen LogP contribution >= 0.6 is 0 Å². The van der Waals surface area contributed by atoms with E-state index in [1.54, 1.807) is 0 Å². The van der Waals surface area contributed by atoms with Crippen LogP contribution in [0.25, 0.3) is 0 Å². The molecule has 0 amide bonds. The summed E-state index contributed by atoms with van der Waals surface area (Å²) in [5, 5.41) is 31.2. The number of allylic oxidation sites excluding steroid dienone is 1. The normalized spacial score (nSPS) is 50.4. The number of fused-ring (bicyclic) bond motifs is 5. The molecule has 0 radical (unpaired) electrons. The van der Waals surface area contributed by atoms with Crippen molar-refractivity contribution >= 4 is 11.8 Å². The summed E-state index contributed by atoms with van der Waals surface area (Å²) in [5.41, 5.74) is -0.821. The maximum absolute atomic E-state index is 12.6. The SMILES string of the molecule is CC1C2=CC[C@@H]3[C@@H](CC[C@]4(C)C(=O)CC[C@@H]34)[C@@]2(CO)C(C)CC1(O)CC(=O)O. The zero-order valence-electron chi connectivity index (χ0n) is 17.3. The fraction of sp³-hybridized carbons (Fsp3) is 0.826. The summed E-state index contributed by atoms with van der Waals surface area (Å²) in [6.45, 7) is 6.18. The largest absolute Gasteiger partial charge is 0.481 e. The van der Waals surface area contributed by atoms with Crippen molar-refractivity contribution in [1.29, 1.82) is 0 Å². The van der Waals surface area contributed by atoms with E-state index in [0.29, 0.717) is 36.4 Å². The second-order valence-electron chi connectivity index (χ2n) is 10.4. The van der Waals surface area contributed by atoms with Crippen LogP contribution in [0.1, 0.15) is 65.7 Å². The Hall–Kier alpha value is -1.20. The molecule has 0 aromatic rings. The van der Waals surface area contributed by atoms with Crippen molar-refractivity contribution in [1.82, 2.24) is 0 Å². The molecular formula is C23H34O5. The number of hydrogen-bond donors (Lipinski definition) is 3. The molecule has 0 spiro atoms. The van der Waals surface area contributed by atoms with Gasteiger partial charge in [-0.25, -0.2) is 0 Å². The van der Waals surface area contributed by atoms with Crippen LogP contribution < -0.4 is 0 Å². The first-order chi connectivity index (χ1) is 13.1. The second-order valence-corrected chi connectivity index (χ2v) is 10.4. The minimum atomic E-state index is -1.27. The molecular weight excluding hydrogens is 356 g/mol. The van der Waals surface area contributed by atoms with E-state index >= 15 is 0 Å². The van der Waals surface area contributed by atoms with Crippen molar-refractivity contribution in [2.75, 3.05) is 6.61 Å². The Morgan fingerprint density at radius 2 is 1.96 bits per heavy atom. The number of Topliss-reactive ketones (excluding diaryl/α,β-unsaturated/α-hetero) is 1. The summed E-state index contributed by atoms with van der Waals surface area (Å²) >= 11 is 0. The van der Waals surface area contributed by atoms with Gasteiger partial charge in [-0.3, -0.25) is 9.59 Å². The van der Waals surface area contributed by atoms with Crippen molar-refractivity contribution in [3.63, 3.8) is 0 Å². The first-order valence-corrected chi connectivity index (χ1v) is 10.9. The van der Waals surface area contributed by atoms with E-state index in [9.17, 15) is 24.9 Å². The molecule has 5 nitrogen and oxygen atoms in total. The summed E-state index contributed by atoms with van der Waals surface area (Å²) in [7, 11) is 0. The highest BCUT2D eigenvalue weighted by Crippen LogP contribution is 2.67. The Labute approximate surface area is 167 Å². The molecule has 156 valence electrons. The third-order valence-electron chi connectivity index (χ3n) is 9.49. The molecule has 4 aliphatic carbocycles. The van der Waals surface area contributed by atoms with Crippen molar-refractivity contribution in [3.05, 3.63) is 11.6 Å². The molecule has 3 N–H and O–H groups in total. The zero-order valence-corrected chi connectivity index (χ0v) is 17.3. The van der Waals surface area contributed by atoms with Gasteiger partial charge in [-0.05, 0) is 55.8 Å². The van der Waals surface area contributed by atoms with Gasteiger partial charge in [0.2, 0.25) is 0 Å². The Balaban J connectivity index is 1.76. The third-order valence-corrected chi connectivity index (χ3v) is 9.49. The lowest BCUT2D eigenvalue weighted by molar-refractivity contribution is -0.158. The lowest BCUT2D eigenvalue weighted by atomic mass is 9.42. The molecule has 5 heteroatoms. The van der Waals surface area contributed by atoms with Crippen LogP contribution in [-0.2, 0) is 9.59 Å². The summed E-state index contributed by atoms with van der Waals surface area (Å²) in [4.78, 5) is 24.0. The van der Waals surface area contributed by atoms with Gasteiger partial charge in [0.25, 0.3) is 0 Å². The van der Waals surface area contributed by atoms with E-state index in [0.717, 1.165) is 31.3 Å². The van der Waals surface area contributed by atoms with Gasteiger partial charge in [-0.1, -0.05) is 32.4 Å². The number of ketones is 1. The van der Waals surface area contributed by atoms with E-state index in [1.165, 1.54) is 0 Å². The smallest absolute Gasteiger partial charge is 0.306 e. The predicted molar refractivity (Wildman–Crippen MR) is 104 cm³/mol. The molecule has 28 heavy (non-hydrogen) atoms. The molecule has 3 fully saturated rings. The molecule has 3 unspecified atom stereocenters. The van der Waals surface area contributed by atoms with Gasteiger partial charge in [-0.15, -0.1) is 0 Å². The Kier molecular flexibility index (Phi) is 4.59. The summed E-state index contributed by atoms with van der Waals surface area (Å²) in [6, 6.07) is 0. The highest BCUT2D eigenvalue weighted by atomic mass is 16.4. The monoisotopic (exact) mass is 390 g/mol. The van der Waals surface area contributed by atoms with Crippen molar-refractivity contribution in [2.45, 2.75) is 71.3 Å². The molecule has 0 bridgehead atoms. The van der Waals surface area contributed by atoms with E-state index < -0.39 is 17.0 Å². The molecule has 0 aromatic heterocycles. The average molecular weight is 391 g/mol. The number of aliphatic carboxylic acids is 1. The van der Waals surface area contributed by atoms with Gasteiger partial charge in [0.05, 0.1) is 18.6 Å². The molecule has 0 aliphatic heterocycles.